The highest BCUT2D eigenvalue weighted by atomic mass is 16.5. The van der Waals surface area contributed by atoms with Gasteiger partial charge in [-0.15, -0.1) is 0 Å². The molecule has 1 heterocycles. The summed E-state index contributed by atoms with van der Waals surface area (Å²) in [6, 6.07) is 17.5. The molecule has 2 aromatic carbocycles. The Balaban J connectivity index is 1.35. The summed E-state index contributed by atoms with van der Waals surface area (Å²) in [5.41, 5.74) is 2.16. The molecular weight excluding hydrogens is 338 g/mol. The van der Waals surface area contributed by atoms with Crippen LogP contribution in [0.4, 0.5) is 0 Å². The minimum Gasteiger partial charge on any atom is -0.508 e. The van der Waals surface area contributed by atoms with Crippen molar-refractivity contribution in [2.75, 3.05) is 26.7 Å². The van der Waals surface area contributed by atoms with Gasteiger partial charge in [0.25, 0.3) is 0 Å². The first kappa shape index (κ1) is 18.5. The lowest BCUT2D eigenvalue weighted by Gasteiger charge is -2.30. The maximum Gasteiger partial charge on any atom is 0.115 e. The zero-order chi connectivity index (χ0) is 18.9. The highest BCUT2D eigenvalue weighted by Gasteiger charge is 2.49. The van der Waals surface area contributed by atoms with Crippen LogP contribution in [0.25, 0.3) is 0 Å². The highest BCUT2D eigenvalue weighted by Crippen LogP contribution is 2.47. The molecule has 4 nitrogen and oxygen atoms in total. The van der Waals surface area contributed by atoms with E-state index in [1.165, 1.54) is 5.56 Å². The molecule has 2 N–H and O–H groups in total. The molecule has 1 aliphatic heterocycles. The van der Waals surface area contributed by atoms with Crippen molar-refractivity contribution in [3.8, 4) is 5.75 Å². The number of nitrogens with zero attached hydrogens (tertiary/aromatic N) is 1. The van der Waals surface area contributed by atoms with E-state index in [0.717, 1.165) is 37.9 Å². The van der Waals surface area contributed by atoms with Crippen molar-refractivity contribution in [3.05, 3.63) is 65.7 Å². The quantitative estimate of drug-likeness (QED) is 0.822. The molecule has 1 aliphatic carbocycles. The van der Waals surface area contributed by atoms with Crippen LogP contribution in [-0.4, -0.2) is 47.5 Å². The predicted octanol–water partition coefficient (Wildman–Crippen LogP) is 3.40. The lowest BCUT2D eigenvalue weighted by atomic mass is 9.91. The molecule has 0 bridgehead atoms. The number of aliphatic hydroxyl groups excluding tert-OH is 1. The number of hydrogen-bond donors (Lipinski definition) is 2. The fraction of sp³-hybridized carbons (Fsp3) is 0.478. The van der Waals surface area contributed by atoms with Gasteiger partial charge in [-0.05, 0) is 47.9 Å². The summed E-state index contributed by atoms with van der Waals surface area (Å²) in [6.45, 7) is 2.70. The molecule has 0 spiro atoms. The molecule has 4 atom stereocenters. The zero-order valence-electron chi connectivity index (χ0n) is 15.9. The topological polar surface area (TPSA) is 52.9 Å². The molecule has 0 radical (unpaired) electrons. The van der Waals surface area contributed by atoms with Crippen molar-refractivity contribution in [2.24, 2.45) is 11.8 Å². The van der Waals surface area contributed by atoms with Crippen LogP contribution < -0.4 is 0 Å². The second-order valence-electron chi connectivity index (χ2n) is 8.30. The Morgan fingerprint density at radius 3 is 2.26 bits per heavy atom. The first-order chi connectivity index (χ1) is 13.1. The molecule has 4 rings (SSSR count). The Morgan fingerprint density at radius 1 is 1.04 bits per heavy atom. The van der Waals surface area contributed by atoms with Crippen molar-refractivity contribution < 1.29 is 14.9 Å². The Bertz CT molecular complexity index is 732. The van der Waals surface area contributed by atoms with Gasteiger partial charge in [0.05, 0.1) is 11.7 Å². The van der Waals surface area contributed by atoms with E-state index >= 15 is 0 Å². The summed E-state index contributed by atoms with van der Waals surface area (Å²) in [4.78, 5) is 2.38. The number of phenolic OH excluding ortho intramolecular Hbond substituents is 1. The molecule has 1 unspecified atom stereocenters. The Hall–Kier alpha value is -1.88. The number of rotatable bonds is 6. The number of benzene rings is 2. The number of phenols is 1. The maximum atomic E-state index is 10.5. The van der Waals surface area contributed by atoms with E-state index in [4.69, 9.17) is 4.74 Å². The van der Waals surface area contributed by atoms with Crippen LogP contribution in [0.2, 0.25) is 0 Å². The van der Waals surface area contributed by atoms with Crippen molar-refractivity contribution in [1.82, 2.24) is 4.90 Å². The number of methoxy groups -OCH3 is 1. The smallest absolute Gasteiger partial charge is 0.115 e. The number of likely N-dealkylation sites (tertiary alicyclic amines) is 1. The first-order valence-corrected chi connectivity index (χ1v) is 9.85. The average molecular weight is 367 g/mol. The maximum absolute atomic E-state index is 10.5. The Labute approximate surface area is 161 Å². The Morgan fingerprint density at radius 2 is 1.67 bits per heavy atom. The van der Waals surface area contributed by atoms with Crippen LogP contribution in [-0.2, 0) is 11.2 Å². The van der Waals surface area contributed by atoms with Gasteiger partial charge in [-0.3, -0.25) is 4.90 Å². The third-order valence-electron chi connectivity index (χ3n) is 6.43. The average Bonchev–Trinajstić information content (AvgIpc) is 3.18. The molecule has 0 aromatic heterocycles. The van der Waals surface area contributed by atoms with Crippen molar-refractivity contribution >= 4 is 0 Å². The highest BCUT2D eigenvalue weighted by molar-refractivity contribution is 5.27. The van der Waals surface area contributed by atoms with Crippen LogP contribution in [0.15, 0.2) is 54.6 Å². The summed E-state index contributed by atoms with van der Waals surface area (Å²) in [5, 5.41) is 19.9. The van der Waals surface area contributed by atoms with E-state index in [9.17, 15) is 10.2 Å². The summed E-state index contributed by atoms with van der Waals surface area (Å²) in [7, 11) is 1.86. The van der Waals surface area contributed by atoms with Crippen molar-refractivity contribution in [3.63, 3.8) is 0 Å². The standard InChI is InChI=1S/C23H29NO3/c1-27-23(11-17-5-3-2-4-6-17)12-19-14-24(15-20(19)13-23)16-22(26)18-7-9-21(25)10-8-18/h2-10,19-20,22,25-26H,11-16H2,1H3/t19-,20+,22?,23+. The van der Waals surface area contributed by atoms with Gasteiger partial charge < -0.3 is 14.9 Å². The van der Waals surface area contributed by atoms with Crippen LogP contribution >= 0.6 is 0 Å². The van der Waals surface area contributed by atoms with E-state index in [1.54, 1.807) is 24.3 Å². The van der Waals surface area contributed by atoms with Crippen molar-refractivity contribution in [2.45, 2.75) is 31.0 Å². The van der Waals surface area contributed by atoms with Gasteiger partial charge in [-0.25, -0.2) is 0 Å². The molecule has 27 heavy (non-hydrogen) atoms. The van der Waals surface area contributed by atoms with Crippen LogP contribution in [0.5, 0.6) is 5.75 Å². The molecular formula is C23H29NO3. The first-order valence-electron chi connectivity index (χ1n) is 9.85. The van der Waals surface area contributed by atoms with E-state index in [-0.39, 0.29) is 11.4 Å². The van der Waals surface area contributed by atoms with Crippen LogP contribution in [0.3, 0.4) is 0 Å². The summed E-state index contributed by atoms with van der Waals surface area (Å²) in [5.74, 6) is 1.51. The monoisotopic (exact) mass is 367 g/mol. The molecule has 2 fully saturated rings. The number of hydrogen-bond acceptors (Lipinski definition) is 4. The minimum atomic E-state index is -0.513. The number of aromatic hydroxyl groups is 1. The van der Waals surface area contributed by atoms with E-state index in [0.29, 0.717) is 18.4 Å². The molecule has 1 saturated heterocycles. The lowest BCUT2D eigenvalue weighted by molar-refractivity contribution is -0.0141. The van der Waals surface area contributed by atoms with Gasteiger partial charge in [-0.1, -0.05) is 42.5 Å². The SMILES string of the molecule is CO[C@]1(Cc2ccccc2)C[C@H]2CN(CC(O)c3ccc(O)cc3)C[C@H]2C1. The number of aliphatic hydroxyl groups is 1. The van der Waals surface area contributed by atoms with Crippen LogP contribution in [0, 0.1) is 11.8 Å². The van der Waals surface area contributed by atoms with E-state index in [2.05, 4.69) is 35.2 Å². The number of β-amino-alcohol motifs (C(OH)–C–C–N with tert-alkyl or cyclic N) is 1. The minimum absolute atomic E-state index is 0.0433. The molecule has 1 saturated carbocycles. The van der Waals surface area contributed by atoms with E-state index in [1.807, 2.05) is 7.11 Å². The molecule has 144 valence electrons. The lowest BCUT2D eigenvalue weighted by Crippen LogP contribution is -2.35. The largest absolute Gasteiger partial charge is 0.508 e. The van der Waals surface area contributed by atoms with Gasteiger partial charge in [0.1, 0.15) is 5.75 Å². The normalized spacial score (nSPS) is 29.0. The van der Waals surface area contributed by atoms with Gasteiger partial charge >= 0.3 is 0 Å². The number of fused-ring (bicyclic) bond motifs is 1. The second-order valence-corrected chi connectivity index (χ2v) is 8.30. The fourth-order valence-electron chi connectivity index (χ4n) is 5.08. The van der Waals surface area contributed by atoms with Gasteiger partial charge in [-0.2, -0.15) is 0 Å². The third kappa shape index (κ3) is 4.03. The Kier molecular flexibility index (Phi) is 5.22. The van der Waals surface area contributed by atoms with E-state index < -0.39 is 6.10 Å². The van der Waals surface area contributed by atoms with Gasteiger partial charge in [0.2, 0.25) is 0 Å². The molecule has 4 heteroatoms. The molecule has 2 aromatic rings. The second kappa shape index (κ2) is 7.63. The van der Waals surface area contributed by atoms with Gasteiger partial charge in [0, 0.05) is 33.2 Å². The third-order valence-corrected chi connectivity index (χ3v) is 6.43. The van der Waals surface area contributed by atoms with Crippen molar-refractivity contribution in [1.29, 1.82) is 0 Å². The molecule has 0 amide bonds. The summed E-state index contributed by atoms with van der Waals surface area (Å²) >= 11 is 0. The molecule has 2 aliphatic rings. The number of ether oxygens (including phenoxy) is 1. The van der Waals surface area contributed by atoms with Crippen LogP contribution in [0.1, 0.15) is 30.1 Å². The summed E-state index contributed by atoms with van der Waals surface area (Å²) in [6.07, 6.45) is 2.65. The summed E-state index contributed by atoms with van der Waals surface area (Å²) < 4.78 is 6.04. The van der Waals surface area contributed by atoms with Gasteiger partial charge in [0.15, 0.2) is 0 Å². The predicted molar refractivity (Wildman–Crippen MR) is 106 cm³/mol. The fourth-order valence-corrected chi connectivity index (χ4v) is 5.08. The zero-order valence-corrected chi connectivity index (χ0v) is 15.9.